The average Bonchev–Trinajstić information content (AvgIpc) is 3.21. The number of primary amides is 1. The number of H-pyrrole nitrogens is 1. The Morgan fingerprint density at radius 1 is 1.00 bits per heavy atom. The quantitative estimate of drug-likeness (QED) is 0.189. The van der Waals surface area contributed by atoms with E-state index in [0.717, 1.165) is 16.5 Å². The van der Waals surface area contributed by atoms with Crippen LogP contribution in [-0.4, -0.2) is 64.4 Å². The van der Waals surface area contributed by atoms with Gasteiger partial charge in [0.15, 0.2) is 0 Å². The van der Waals surface area contributed by atoms with Crippen molar-refractivity contribution in [3.05, 3.63) is 36.0 Å². The van der Waals surface area contributed by atoms with Crippen molar-refractivity contribution in [3.8, 4) is 0 Å². The van der Waals surface area contributed by atoms with Crippen molar-refractivity contribution in [3.63, 3.8) is 0 Å². The molecule has 190 valence electrons. The predicted molar refractivity (Wildman–Crippen MR) is 128 cm³/mol. The van der Waals surface area contributed by atoms with E-state index in [9.17, 15) is 24.0 Å². The zero-order valence-corrected chi connectivity index (χ0v) is 19.7. The second-order valence-corrected chi connectivity index (χ2v) is 8.57. The summed E-state index contributed by atoms with van der Waals surface area (Å²) in [5, 5.41) is 17.1. The fourth-order valence-corrected chi connectivity index (χ4v) is 3.41. The van der Waals surface area contributed by atoms with Crippen molar-refractivity contribution >= 4 is 40.5 Å². The molecule has 0 radical (unpaired) electrons. The van der Waals surface area contributed by atoms with Gasteiger partial charge in [-0.1, -0.05) is 32.0 Å². The zero-order chi connectivity index (χ0) is 26.1. The van der Waals surface area contributed by atoms with Gasteiger partial charge >= 0.3 is 5.97 Å². The largest absolute Gasteiger partial charge is 0.480 e. The Kier molecular flexibility index (Phi) is 9.76. The van der Waals surface area contributed by atoms with Gasteiger partial charge in [0.05, 0.1) is 6.04 Å². The smallest absolute Gasteiger partial charge is 0.322 e. The zero-order valence-electron chi connectivity index (χ0n) is 19.7. The van der Waals surface area contributed by atoms with Gasteiger partial charge < -0.3 is 37.5 Å². The molecule has 0 aliphatic rings. The third-order valence-electron chi connectivity index (χ3n) is 5.48. The van der Waals surface area contributed by atoms with Crippen LogP contribution in [0.1, 0.15) is 32.3 Å². The molecule has 0 spiro atoms. The van der Waals surface area contributed by atoms with Gasteiger partial charge in [0, 0.05) is 29.9 Å². The molecule has 3 atom stereocenters. The normalized spacial score (nSPS) is 13.6. The molecule has 4 amide bonds. The fraction of sp³-hybridized carbons (Fsp3) is 0.435. The van der Waals surface area contributed by atoms with E-state index in [0.29, 0.717) is 0 Å². The SMILES string of the molecule is CC(C)C(N)C(=O)NC(CCC(N)=O)C(=O)NC(Cc1c[nH]c2ccccc12)C(=O)NCC(=O)O. The first-order valence-corrected chi connectivity index (χ1v) is 11.2. The van der Waals surface area contributed by atoms with Crippen LogP contribution in [0, 0.1) is 5.92 Å². The second-order valence-electron chi connectivity index (χ2n) is 8.57. The van der Waals surface area contributed by atoms with Crippen LogP contribution in [0.15, 0.2) is 30.5 Å². The fourth-order valence-electron chi connectivity index (χ4n) is 3.41. The molecule has 35 heavy (non-hydrogen) atoms. The first kappa shape index (κ1) is 27.3. The number of para-hydroxylation sites is 1. The molecular weight excluding hydrogens is 456 g/mol. The van der Waals surface area contributed by atoms with Gasteiger partial charge in [-0.25, -0.2) is 0 Å². The first-order valence-electron chi connectivity index (χ1n) is 11.2. The lowest BCUT2D eigenvalue weighted by atomic mass is 10.0. The summed E-state index contributed by atoms with van der Waals surface area (Å²) >= 11 is 0. The Balaban J connectivity index is 2.26. The van der Waals surface area contributed by atoms with E-state index in [2.05, 4.69) is 20.9 Å². The van der Waals surface area contributed by atoms with Crippen LogP contribution >= 0.6 is 0 Å². The number of carbonyl (C=O) groups is 5. The molecular formula is C23H32N6O6. The van der Waals surface area contributed by atoms with Crippen molar-refractivity contribution in [2.24, 2.45) is 17.4 Å². The molecule has 12 nitrogen and oxygen atoms in total. The molecule has 2 rings (SSSR count). The molecule has 1 aromatic carbocycles. The number of nitrogens with one attached hydrogen (secondary N) is 4. The van der Waals surface area contributed by atoms with Crippen molar-refractivity contribution in [2.45, 2.75) is 51.2 Å². The van der Waals surface area contributed by atoms with E-state index in [1.54, 1.807) is 20.0 Å². The lowest BCUT2D eigenvalue weighted by Crippen LogP contribution is -2.57. The highest BCUT2D eigenvalue weighted by molar-refractivity contribution is 5.94. The minimum absolute atomic E-state index is 0.0448. The number of nitrogens with two attached hydrogens (primary N) is 2. The number of aromatic amines is 1. The van der Waals surface area contributed by atoms with E-state index in [1.165, 1.54) is 0 Å². The predicted octanol–water partition coefficient (Wildman–Crippen LogP) is -0.870. The van der Waals surface area contributed by atoms with E-state index in [4.69, 9.17) is 16.6 Å². The Hall–Kier alpha value is -3.93. The highest BCUT2D eigenvalue weighted by atomic mass is 16.4. The number of aromatic nitrogens is 1. The molecule has 0 aliphatic carbocycles. The standard InChI is InChI=1S/C23H32N6O6/c1-12(2)20(25)23(35)28-16(7-8-18(24)30)22(34)29-17(21(33)27-11-19(31)32)9-13-10-26-15-6-4-3-5-14(13)15/h3-6,10,12,16-17,20,26H,7-9,11,25H2,1-2H3,(H2,24,30)(H,27,33)(H,28,35)(H,29,34)(H,31,32). The van der Waals surface area contributed by atoms with Crippen LogP contribution in [0.5, 0.6) is 0 Å². The average molecular weight is 489 g/mol. The summed E-state index contributed by atoms with van der Waals surface area (Å²) in [5.41, 5.74) is 12.6. The van der Waals surface area contributed by atoms with E-state index in [1.807, 2.05) is 24.3 Å². The molecule has 0 fully saturated rings. The highest BCUT2D eigenvalue weighted by Gasteiger charge is 2.29. The molecule has 1 aromatic heterocycles. The Bertz CT molecular complexity index is 1080. The van der Waals surface area contributed by atoms with Crippen LogP contribution in [0.4, 0.5) is 0 Å². The lowest BCUT2D eigenvalue weighted by molar-refractivity contribution is -0.138. The topological polar surface area (TPSA) is 209 Å². The number of rotatable bonds is 13. The third kappa shape index (κ3) is 8.10. The maximum atomic E-state index is 13.1. The molecule has 0 aliphatic heterocycles. The Morgan fingerprint density at radius 2 is 1.66 bits per heavy atom. The summed E-state index contributed by atoms with van der Waals surface area (Å²) in [6.07, 6.45) is 1.45. The summed E-state index contributed by atoms with van der Waals surface area (Å²) in [6, 6.07) is 4.13. The number of benzene rings is 1. The van der Waals surface area contributed by atoms with Crippen molar-refractivity contribution < 1.29 is 29.1 Å². The van der Waals surface area contributed by atoms with Gasteiger partial charge in [0.1, 0.15) is 18.6 Å². The number of carbonyl (C=O) groups excluding carboxylic acids is 4. The molecule has 2 aromatic rings. The maximum absolute atomic E-state index is 13.1. The number of fused-ring (bicyclic) bond motifs is 1. The third-order valence-corrected chi connectivity index (χ3v) is 5.48. The number of hydrogen-bond donors (Lipinski definition) is 7. The van der Waals surface area contributed by atoms with Crippen molar-refractivity contribution in [1.82, 2.24) is 20.9 Å². The van der Waals surface area contributed by atoms with Crippen LogP contribution < -0.4 is 27.4 Å². The molecule has 3 unspecified atom stereocenters. The van der Waals surface area contributed by atoms with E-state index < -0.39 is 54.3 Å². The van der Waals surface area contributed by atoms with Gasteiger partial charge in [0.25, 0.3) is 0 Å². The molecule has 12 heteroatoms. The molecule has 0 bridgehead atoms. The minimum Gasteiger partial charge on any atom is -0.480 e. The number of hydrogen-bond acceptors (Lipinski definition) is 6. The van der Waals surface area contributed by atoms with Crippen LogP contribution in [0.3, 0.4) is 0 Å². The number of carboxylic acid groups (broad SMARTS) is 1. The van der Waals surface area contributed by atoms with Gasteiger partial charge in [0.2, 0.25) is 23.6 Å². The van der Waals surface area contributed by atoms with E-state index in [-0.39, 0.29) is 25.2 Å². The Labute approximate surface area is 202 Å². The van der Waals surface area contributed by atoms with Crippen LogP contribution in [-0.2, 0) is 30.4 Å². The van der Waals surface area contributed by atoms with Gasteiger partial charge in [-0.15, -0.1) is 0 Å². The lowest BCUT2D eigenvalue weighted by Gasteiger charge is -2.24. The van der Waals surface area contributed by atoms with Gasteiger partial charge in [-0.3, -0.25) is 24.0 Å². The summed E-state index contributed by atoms with van der Waals surface area (Å²) in [5.74, 6) is -4.15. The van der Waals surface area contributed by atoms with Crippen molar-refractivity contribution in [2.75, 3.05) is 6.54 Å². The summed E-state index contributed by atoms with van der Waals surface area (Å²) in [6.45, 7) is 2.85. The summed E-state index contributed by atoms with van der Waals surface area (Å²) in [4.78, 5) is 63.6. The van der Waals surface area contributed by atoms with Crippen LogP contribution in [0.2, 0.25) is 0 Å². The molecule has 0 saturated heterocycles. The number of aliphatic carboxylic acids is 1. The second kappa shape index (κ2) is 12.5. The van der Waals surface area contributed by atoms with E-state index >= 15 is 0 Å². The first-order chi connectivity index (χ1) is 16.5. The summed E-state index contributed by atoms with van der Waals surface area (Å²) < 4.78 is 0. The van der Waals surface area contributed by atoms with Gasteiger partial charge in [-0.05, 0) is 24.0 Å². The van der Waals surface area contributed by atoms with Crippen molar-refractivity contribution in [1.29, 1.82) is 0 Å². The maximum Gasteiger partial charge on any atom is 0.322 e. The van der Waals surface area contributed by atoms with Crippen LogP contribution in [0.25, 0.3) is 10.9 Å². The Morgan fingerprint density at radius 3 is 2.29 bits per heavy atom. The molecule has 0 saturated carbocycles. The number of amides is 4. The molecule has 9 N–H and O–H groups in total. The van der Waals surface area contributed by atoms with Gasteiger partial charge in [-0.2, -0.15) is 0 Å². The highest BCUT2D eigenvalue weighted by Crippen LogP contribution is 2.19. The monoisotopic (exact) mass is 488 g/mol. The minimum atomic E-state index is -1.25. The molecule has 1 heterocycles. The summed E-state index contributed by atoms with van der Waals surface area (Å²) in [7, 11) is 0. The number of carboxylic acids is 1.